The van der Waals surface area contributed by atoms with Gasteiger partial charge in [0.05, 0.1) is 23.7 Å². The Hall–Kier alpha value is -1.87. The number of nitro groups is 1. The molecule has 1 N–H and O–H groups in total. The van der Waals surface area contributed by atoms with Crippen molar-refractivity contribution in [3.63, 3.8) is 0 Å². The number of halogens is 3. The second kappa shape index (κ2) is 7.23. The van der Waals surface area contributed by atoms with Crippen LogP contribution in [-0.4, -0.2) is 43.4 Å². The van der Waals surface area contributed by atoms with Crippen molar-refractivity contribution in [2.75, 3.05) is 38.3 Å². The van der Waals surface area contributed by atoms with Gasteiger partial charge in [-0.3, -0.25) is 10.1 Å². The molecule has 21 heavy (non-hydrogen) atoms. The summed E-state index contributed by atoms with van der Waals surface area (Å²) in [4.78, 5) is 11.5. The summed E-state index contributed by atoms with van der Waals surface area (Å²) in [5, 5.41) is 20.0. The molecule has 0 aromatic heterocycles. The van der Waals surface area contributed by atoms with Crippen LogP contribution < -0.4 is 4.90 Å². The molecule has 1 aromatic rings. The fraction of sp³-hybridized carbons (Fsp3) is 0.500. The van der Waals surface area contributed by atoms with Crippen LogP contribution in [0.25, 0.3) is 0 Å². The zero-order valence-corrected chi connectivity index (χ0v) is 11.3. The fourth-order valence-electron chi connectivity index (χ4n) is 1.79. The molecule has 118 valence electrons. The highest BCUT2D eigenvalue weighted by Crippen LogP contribution is 2.36. The van der Waals surface area contributed by atoms with Gasteiger partial charge in [-0.2, -0.15) is 13.2 Å². The number of rotatable bonds is 7. The Morgan fingerprint density at radius 1 is 1.38 bits per heavy atom. The molecule has 0 fully saturated rings. The van der Waals surface area contributed by atoms with Gasteiger partial charge in [0.25, 0.3) is 5.69 Å². The minimum Gasteiger partial charge on any atom is -0.395 e. The first-order chi connectivity index (χ1) is 9.81. The minimum absolute atomic E-state index is 0.0131. The highest BCUT2D eigenvalue weighted by molar-refractivity contribution is 5.64. The molecule has 0 saturated carbocycles. The third-order valence-corrected chi connectivity index (χ3v) is 2.78. The maximum Gasteiger partial charge on any atom is 0.416 e. The Kier molecular flexibility index (Phi) is 5.91. The van der Waals surface area contributed by atoms with E-state index in [0.29, 0.717) is 6.07 Å². The van der Waals surface area contributed by atoms with E-state index in [4.69, 9.17) is 9.84 Å². The smallest absolute Gasteiger partial charge is 0.395 e. The molecule has 0 saturated heterocycles. The number of methoxy groups -OCH3 is 1. The lowest BCUT2D eigenvalue weighted by Crippen LogP contribution is -2.30. The summed E-state index contributed by atoms with van der Waals surface area (Å²) in [7, 11) is 1.43. The lowest BCUT2D eigenvalue weighted by Gasteiger charge is -2.23. The van der Waals surface area contributed by atoms with Crippen molar-refractivity contribution in [2.45, 2.75) is 6.18 Å². The summed E-state index contributed by atoms with van der Waals surface area (Å²) in [5.41, 5.74) is -1.73. The maximum atomic E-state index is 12.6. The molecule has 0 atom stereocenters. The van der Waals surface area contributed by atoms with Gasteiger partial charge in [-0.1, -0.05) is 0 Å². The number of benzene rings is 1. The zero-order valence-electron chi connectivity index (χ0n) is 11.3. The van der Waals surface area contributed by atoms with Gasteiger partial charge in [0.15, 0.2) is 0 Å². The quantitative estimate of drug-likeness (QED) is 0.616. The molecule has 0 bridgehead atoms. The van der Waals surface area contributed by atoms with Crippen LogP contribution in [0.5, 0.6) is 0 Å². The SMILES string of the molecule is COCCN(CCO)c1ccc(C(F)(F)F)cc1[N+](=O)[O-]. The van der Waals surface area contributed by atoms with Crippen molar-refractivity contribution < 1.29 is 27.9 Å². The maximum absolute atomic E-state index is 12.6. The Labute approximate surface area is 118 Å². The number of nitro benzene ring substituents is 1. The summed E-state index contributed by atoms with van der Waals surface area (Å²) in [6.07, 6.45) is -4.66. The molecule has 9 heteroatoms. The Morgan fingerprint density at radius 3 is 2.52 bits per heavy atom. The average Bonchev–Trinajstić information content (AvgIpc) is 2.41. The Bertz CT molecular complexity index is 494. The third kappa shape index (κ3) is 4.57. The van der Waals surface area contributed by atoms with E-state index in [0.717, 1.165) is 12.1 Å². The van der Waals surface area contributed by atoms with E-state index in [1.54, 1.807) is 0 Å². The number of ether oxygens (including phenoxy) is 1. The molecule has 0 aliphatic rings. The van der Waals surface area contributed by atoms with Crippen LogP contribution in [0.4, 0.5) is 24.5 Å². The second-order valence-electron chi connectivity index (χ2n) is 4.16. The molecule has 0 radical (unpaired) electrons. The molecule has 0 amide bonds. The molecule has 0 unspecified atom stereocenters. The van der Waals surface area contributed by atoms with E-state index in [2.05, 4.69) is 0 Å². The van der Waals surface area contributed by atoms with E-state index >= 15 is 0 Å². The van der Waals surface area contributed by atoms with Gasteiger partial charge < -0.3 is 14.7 Å². The number of alkyl halides is 3. The molecule has 6 nitrogen and oxygen atoms in total. The van der Waals surface area contributed by atoms with Crippen LogP contribution in [0.3, 0.4) is 0 Å². The van der Waals surface area contributed by atoms with Gasteiger partial charge in [-0.05, 0) is 12.1 Å². The van der Waals surface area contributed by atoms with Crippen LogP contribution in [0.15, 0.2) is 18.2 Å². The zero-order chi connectivity index (χ0) is 16.0. The Morgan fingerprint density at radius 2 is 2.05 bits per heavy atom. The first kappa shape index (κ1) is 17.2. The van der Waals surface area contributed by atoms with Crippen molar-refractivity contribution in [3.05, 3.63) is 33.9 Å². The van der Waals surface area contributed by atoms with Gasteiger partial charge in [-0.25, -0.2) is 0 Å². The van der Waals surface area contributed by atoms with Crippen LogP contribution in [-0.2, 0) is 10.9 Å². The first-order valence-corrected chi connectivity index (χ1v) is 6.01. The van der Waals surface area contributed by atoms with Gasteiger partial charge in [0, 0.05) is 26.3 Å². The van der Waals surface area contributed by atoms with Gasteiger partial charge in [-0.15, -0.1) is 0 Å². The van der Waals surface area contributed by atoms with Gasteiger partial charge in [0.2, 0.25) is 0 Å². The van der Waals surface area contributed by atoms with Crippen LogP contribution in [0.1, 0.15) is 5.56 Å². The largest absolute Gasteiger partial charge is 0.416 e. The van der Waals surface area contributed by atoms with E-state index in [-0.39, 0.29) is 32.0 Å². The standard InChI is InChI=1S/C12H15F3N2O4/c1-21-7-5-16(4-6-18)10-3-2-9(12(13,14)15)8-11(10)17(19)20/h2-3,8,18H,4-7H2,1H3. The van der Waals surface area contributed by atoms with Crippen LogP contribution in [0.2, 0.25) is 0 Å². The first-order valence-electron chi connectivity index (χ1n) is 6.01. The lowest BCUT2D eigenvalue weighted by atomic mass is 10.1. The minimum atomic E-state index is -4.66. The summed E-state index contributed by atoms with van der Waals surface area (Å²) < 4.78 is 42.7. The van der Waals surface area contributed by atoms with Crippen molar-refractivity contribution in [1.29, 1.82) is 0 Å². The fourth-order valence-corrected chi connectivity index (χ4v) is 1.79. The predicted octanol–water partition coefficient (Wildman–Crippen LogP) is 2.06. The number of aliphatic hydroxyl groups excluding tert-OH is 1. The number of hydrogen-bond acceptors (Lipinski definition) is 5. The summed E-state index contributed by atoms with van der Waals surface area (Å²) >= 11 is 0. The number of anilines is 1. The normalized spacial score (nSPS) is 11.5. The third-order valence-electron chi connectivity index (χ3n) is 2.78. The Balaban J connectivity index is 3.23. The number of nitrogens with zero attached hydrogens (tertiary/aromatic N) is 2. The van der Waals surface area contributed by atoms with Crippen molar-refractivity contribution in [2.24, 2.45) is 0 Å². The van der Waals surface area contributed by atoms with Crippen LogP contribution in [0, 0.1) is 10.1 Å². The number of aliphatic hydroxyl groups is 1. The molecule has 1 rings (SSSR count). The lowest BCUT2D eigenvalue weighted by molar-refractivity contribution is -0.384. The summed E-state index contributed by atoms with van der Waals surface area (Å²) in [5.74, 6) is 0. The molecule has 1 aromatic carbocycles. The molecular weight excluding hydrogens is 293 g/mol. The number of hydrogen-bond donors (Lipinski definition) is 1. The van der Waals surface area contributed by atoms with E-state index in [9.17, 15) is 23.3 Å². The molecular formula is C12H15F3N2O4. The van der Waals surface area contributed by atoms with Gasteiger partial charge >= 0.3 is 6.18 Å². The van der Waals surface area contributed by atoms with Crippen molar-refractivity contribution in [1.82, 2.24) is 0 Å². The summed E-state index contributed by atoms with van der Waals surface area (Å²) in [6, 6.07) is 2.30. The highest BCUT2D eigenvalue weighted by atomic mass is 19.4. The van der Waals surface area contributed by atoms with E-state index in [1.165, 1.54) is 12.0 Å². The van der Waals surface area contributed by atoms with Crippen LogP contribution >= 0.6 is 0 Å². The molecule has 0 heterocycles. The van der Waals surface area contributed by atoms with Gasteiger partial charge in [0.1, 0.15) is 5.69 Å². The molecule has 0 aliphatic heterocycles. The summed E-state index contributed by atoms with van der Waals surface area (Å²) in [6.45, 7) is 0.193. The highest BCUT2D eigenvalue weighted by Gasteiger charge is 2.33. The predicted molar refractivity (Wildman–Crippen MR) is 69.3 cm³/mol. The second-order valence-corrected chi connectivity index (χ2v) is 4.16. The average molecular weight is 308 g/mol. The molecule has 0 spiro atoms. The molecule has 0 aliphatic carbocycles. The van der Waals surface area contributed by atoms with Crippen molar-refractivity contribution in [3.8, 4) is 0 Å². The van der Waals surface area contributed by atoms with E-state index < -0.39 is 22.4 Å². The van der Waals surface area contributed by atoms with E-state index in [1.807, 2.05) is 0 Å². The van der Waals surface area contributed by atoms with Crippen molar-refractivity contribution >= 4 is 11.4 Å². The topological polar surface area (TPSA) is 75.8 Å². The monoisotopic (exact) mass is 308 g/mol.